The van der Waals surface area contributed by atoms with Gasteiger partial charge in [-0.15, -0.1) is 0 Å². The van der Waals surface area contributed by atoms with Crippen molar-refractivity contribution >= 4 is 23.1 Å². The first-order valence-corrected chi connectivity index (χ1v) is 8.49. The van der Waals surface area contributed by atoms with Gasteiger partial charge < -0.3 is 13.9 Å². The van der Waals surface area contributed by atoms with Crippen LogP contribution in [-0.2, 0) is 9.47 Å². The van der Waals surface area contributed by atoms with Crippen LogP contribution in [0, 0.1) is 0 Å². The minimum absolute atomic E-state index is 0.315. The number of ether oxygens (including phenoxy) is 2. The van der Waals surface area contributed by atoms with E-state index in [2.05, 4.69) is 20.3 Å². The van der Waals surface area contributed by atoms with Gasteiger partial charge in [0.25, 0.3) is 0 Å². The molecule has 0 unspecified atom stereocenters. The van der Waals surface area contributed by atoms with E-state index in [1.807, 2.05) is 12.2 Å². The maximum atomic E-state index is 12.2. The number of rotatable bonds is 4. The van der Waals surface area contributed by atoms with Gasteiger partial charge in [0.1, 0.15) is 17.3 Å². The largest absolute Gasteiger partial charge is 0.497 e. The van der Waals surface area contributed by atoms with Crippen LogP contribution in [-0.4, -0.2) is 28.2 Å². The normalized spacial score (nSPS) is 13.5. The zero-order chi connectivity index (χ0) is 19.3. The van der Waals surface area contributed by atoms with Gasteiger partial charge in [-0.1, -0.05) is 6.08 Å². The molecule has 0 saturated carbocycles. The molecular formula is C20H16N4O4. The average molecular weight is 376 g/mol. The highest BCUT2D eigenvalue weighted by molar-refractivity contribution is 5.85. The Morgan fingerprint density at radius 3 is 3.00 bits per heavy atom. The van der Waals surface area contributed by atoms with Gasteiger partial charge in [-0.25, -0.2) is 14.8 Å². The second kappa shape index (κ2) is 7.75. The number of methoxy groups -OCH3 is 1. The molecule has 28 heavy (non-hydrogen) atoms. The van der Waals surface area contributed by atoms with Crippen molar-refractivity contribution in [3.8, 4) is 11.5 Å². The minimum atomic E-state index is -0.641. The second-order valence-corrected chi connectivity index (χ2v) is 5.80. The summed E-state index contributed by atoms with van der Waals surface area (Å²) < 4.78 is 16.2. The highest BCUT2D eigenvalue weighted by atomic mass is 16.6. The Morgan fingerprint density at radius 2 is 2.14 bits per heavy atom. The molecule has 8 heteroatoms. The summed E-state index contributed by atoms with van der Waals surface area (Å²) in [7, 11) is 1.58. The van der Waals surface area contributed by atoms with Crippen molar-refractivity contribution in [2.24, 2.45) is 0 Å². The summed E-state index contributed by atoms with van der Waals surface area (Å²) in [4.78, 5) is 24.8. The summed E-state index contributed by atoms with van der Waals surface area (Å²) in [5.41, 5.74) is 1.76. The van der Waals surface area contributed by atoms with Crippen molar-refractivity contribution in [3.05, 3.63) is 72.5 Å². The summed E-state index contributed by atoms with van der Waals surface area (Å²) in [6.45, 7) is 0. The number of oxazole rings is 1. The van der Waals surface area contributed by atoms with Crippen molar-refractivity contribution in [3.63, 3.8) is 0 Å². The van der Waals surface area contributed by atoms with Crippen LogP contribution in [0.15, 0.2) is 76.9 Å². The van der Waals surface area contributed by atoms with E-state index >= 15 is 0 Å². The van der Waals surface area contributed by atoms with Crippen LogP contribution in [0.2, 0.25) is 0 Å². The molecule has 3 aromatic rings. The fourth-order valence-corrected chi connectivity index (χ4v) is 2.58. The third kappa shape index (κ3) is 3.90. The van der Waals surface area contributed by atoms with Gasteiger partial charge in [-0.05, 0) is 42.5 Å². The number of anilines is 1. The lowest BCUT2D eigenvalue weighted by Crippen LogP contribution is -2.14. The smallest absolute Gasteiger partial charge is 0.417 e. The van der Waals surface area contributed by atoms with Crippen LogP contribution in [0.4, 0.5) is 10.6 Å². The summed E-state index contributed by atoms with van der Waals surface area (Å²) in [5, 5.41) is 2.60. The Bertz CT molecular complexity index is 1080. The standard InChI is InChI=1S/C20H16N4O4/c1-26-14-4-2-5-15(8-7-14)27-20(25)23-17-12-13(9-11-21-17)19-24-18-16(28-19)6-3-10-22-18/h2-4,6-12H,5H2,1H3,(H,21,23,25). The van der Waals surface area contributed by atoms with Crippen LogP contribution in [0.25, 0.3) is 22.7 Å². The van der Waals surface area contributed by atoms with E-state index in [-0.39, 0.29) is 0 Å². The summed E-state index contributed by atoms with van der Waals surface area (Å²) in [5.74, 6) is 1.88. The van der Waals surface area contributed by atoms with E-state index in [1.165, 1.54) is 0 Å². The van der Waals surface area contributed by atoms with Crippen molar-refractivity contribution in [2.75, 3.05) is 12.4 Å². The first-order valence-electron chi connectivity index (χ1n) is 8.49. The molecule has 0 radical (unpaired) electrons. The van der Waals surface area contributed by atoms with Crippen molar-refractivity contribution in [1.29, 1.82) is 0 Å². The number of hydrogen-bond donors (Lipinski definition) is 1. The van der Waals surface area contributed by atoms with Gasteiger partial charge in [0.2, 0.25) is 5.89 Å². The van der Waals surface area contributed by atoms with Gasteiger partial charge in [0.05, 0.1) is 7.11 Å². The van der Waals surface area contributed by atoms with Crippen LogP contribution >= 0.6 is 0 Å². The number of aromatic nitrogens is 3. The average Bonchev–Trinajstić information content (AvgIpc) is 3.02. The second-order valence-electron chi connectivity index (χ2n) is 5.80. The summed E-state index contributed by atoms with van der Waals surface area (Å²) in [6, 6.07) is 6.94. The molecule has 140 valence electrons. The molecule has 0 aliphatic heterocycles. The van der Waals surface area contributed by atoms with Crippen LogP contribution in [0.1, 0.15) is 6.42 Å². The number of allylic oxidation sites excluding steroid dienone is 4. The van der Waals surface area contributed by atoms with E-state index in [9.17, 15) is 4.79 Å². The van der Waals surface area contributed by atoms with E-state index in [4.69, 9.17) is 13.9 Å². The van der Waals surface area contributed by atoms with E-state index < -0.39 is 6.09 Å². The Labute approximate surface area is 160 Å². The number of carbonyl (C=O) groups excluding carboxylic acids is 1. The Balaban J connectivity index is 1.47. The highest BCUT2D eigenvalue weighted by Gasteiger charge is 2.12. The van der Waals surface area contributed by atoms with Crippen molar-refractivity contribution in [2.45, 2.75) is 6.42 Å². The molecule has 3 aromatic heterocycles. The molecule has 1 amide bonds. The fraction of sp³-hybridized carbons (Fsp3) is 0.100. The molecule has 4 rings (SSSR count). The molecule has 1 aliphatic carbocycles. The zero-order valence-corrected chi connectivity index (χ0v) is 15.0. The molecule has 0 bridgehead atoms. The predicted octanol–water partition coefficient (Wildman–Crippen LogP) is 4.21. The number of fused-ring (bicyclic) bond motifs is 1. The first kappa shape index (κ1) is 17.5. The minimum Gasteiger partial charge on any atom is -0.497 e. The Kier molecular flexibility index (Phi) is 4.83. The lowest BCUT2D eigenvalue weighted by atomic mass is 10.2. The van der Waals surface area contributed by atoms with Gasteiger partial charge >= 0.3 is 6.09 Å². The molecule has 1 N–H and O–H groups in total. The topological polar surface area (TPSA) is 99.4 Å². The molecule has 8 nitrogen and oxygen atoms in total. The molecular weight excluding hydrogens is 360 g/mol. The SMILES string of the molecule is COC1=CC=C(OC(=O)Nc2cc(-c3nc4ncccc4o3)ccn2)CC=C1. The quantitative estimate of drug-likeness (QED) is 0.728. The number of hydrogen-bond acceptors (Lipinski definition) is 7. The fourth-order valence-electron chi connectivity index (χ4n) is 2.58. The Hall–Kier alpha value is -3.94. The van der Waals surface area contributed by atoms with Crippen LogP contribution in [0.3, 0.4) is 0 Å². The number of amides is 1. The van der Waals surface area contributed by atoms with Crippen LogP contribution < -0.4 is 5.32 Å². The van der Waals surface area contributed by atoms with Gasteiger partial charge in [0, 0.05) is 24.4 Å². The maximum absolute atomic E-state index is 12.2. The molecule has 1 aliphatic rings. The maximum Gasteiger partial charge on any atom is 0.417 e. The number of carbonyl (C=O) groups is 1. The number of nitrogens with one attached hydrogen (secondary N) is 1. The molecule has 0 fully saturated rings. The molecule has 0 aromatic carbocycles. The van der Waals surface area contributed by atoms with Gasteiger partial charge in [0.15, 0.2) is 11.2 Å². The van der Waals surface area contributed by atoms with Gasteiger partial charge in [-0.3, -0.25) is 5.32 Å². The first-order chi connectivity index (χ1) is 13.7. The predicted molar refractivity (Wildman–Crippen MR) is 102 cm³/mol. The monoisotopic (exact) mass is 376 g/mol. The van der Waals surface area contributed by atoms with Crippen molar-refractivity contribution < 1.29 is 18.7 Å². The molecule has 0 spiro atoms. The third-order valence-electron chi connectivity index (χ3n) is 3.90. The van der Waals surface area contributed by atoms with Crippen molar-refractivity contribution in [1.82, 2.24) is 15.0 Å². The van der Waals surface area contributed by atoms with Gasteiger partial charge in [-0.2, -0.15) is 4.98 Å². The zero-order valence-electron chi connectivity index (χ0n) is 15.0. The third-order valence-corrected chi connectivity index (χ3v) is 3.90. The van der Waals surface area contributed by atoms with Crippen LogP contribution in [0.5, 0.6) is 0 Å². The van der Waals surface area contributed by atoms with E-state index in [0.717, 1.165) is 0 Å². The van der Waals surface area contributed by atoms with E-state index in [1.54, 1.807) is 55.9 Å². The molecule has 3 heterocycles. The molecule has 0 saturated heterocycles. The number of nitrogens with zero attached hydrogens (tertiary/aromatic N) is 3. The Morgan fingerprint density at radius 1 is 1.21 bits per heavy atom. The lowest BCUT2D eigenvalue weighted by molar-refractivity contribution is 0.190. The number of pyridine rings is 2. The molecule has 0 atom stereocenters. The van der Waals surface area contributed by atoms with E-state index in [0.29, 0.717) is 46.4 Å². The lowest BCUT2D eigenvalue weighted by Gasteiger charge is -2.08. The summed E-state index contributed by atoms with van der Waals surface area (Å²) in [6.07, 6.45) is 10.1. The summed E-state index contributed by atoms with van der Waals surface area (Å²) >= 11 is 0. The highest BCUT2D eigenvalue weighted by Crippen LogP contribution is 2.24.